The number of nitrogens with one attached hydrogen (secondary N) is 1. The third kappa shape index (κ3) is 3.72. The van der Waals surface area contributed by atoms with E-state index in [1.807, 2.05) is 0 Å². The van der Waals surface area contributed by atoms with Crippen molar-refractivity contribution in [3.05, 3.63) is 51.5 Å². The standard InChI is InChI=1S/C21H20N4O5S2/c1-25-16(20(26)23-21-14(11-22)13-5-4-6-19(13)31-21)10-15(24-32(25,27)28)12-7-8-17(29-2)18(9-12)30-3/h7-10H,4-6H2,1-3H3,(H,23,26). The Labute approximate surface area is 189 Å². The monoisotopic (exact) mass is 472 g/mol. The Kier molecular flexibility index (Phi) is 5.66. The molecule has 166 valence electrons. The molecule has 0 fully saturated rings. The summed E-state index contributed by atoms with van der Waals surface area (Å²) in [5, 5.41) is 12.7. The molecule has 1 N–H and O–H groups in total. The number of carbonyl (C=O) groups excluding carboxylic acids is 1. The van der Waals surface area contributed by atoms with Crippen LogP contribution in [0.5, 0.6) is 11.5 Å². The van der Waals surface area contributed by atoms with Crippen LogP contribution in [0.1, 0.15) is 28.0 Å². The molecule has 2 aliphatic rings. The number of thiophene rings is 1. The largest absolute Gasteiger partial charge is 0.493 e. The molecule has 1 aliphatic heterocycles. The number of anilines is 1. The van der Waals surface area contributed by atoms with E-state index in [0.717, 1.165) is 34.0 Å². The van der Waals surface area contributed by atoms with Gasteiger partial charge in [-0.3, -0.25) is 4.79 Å². The summed E-state index contributed by atoms with van der Waals surface area (Å²) in [5.41, 5.74) is 1.84. The zero-order chi connectivity index (χ0) is 23.0. The lowest BCUT2D eigenvalue weighted by molar-refractivity contribution is -0.113. The highest BCUT2D eigenvalue weighted by atomic mass is 32.2. The first-order valence-corrected chi connectivity index (χ1v) is 11.9. The molecular weight excluding hydrogens is 452 g/mol. The van der Waals surface area contributed by atoms with E-state index in [0.29, 0.717) is 27.6 Å². The summed E-state index contributed by atoms with van der Waals surface area (Å²) in [7, 11) is 0.0854. The van der Waals surface area contributed by atoms with Crippen molar-refractivity contribution >= 4 is 38.2 Å². The Bertz CT molecular complexity index is 1320. The van der Waals surface area contributed by atoms with Crippen LogP contribution in [0.3, 0.4) is 0 Å². The first-order chi connectivity index (χ1) is 15.3. The third-order valence-electron chi connectivity index (χ3n) is 5.34. The van der Waals surface area contributed by atoms with Gasteiger partial charge in [0.15, 0.2) is 11.5 Å². The number of ether oxygens (including phenoxy) is 2. The fraction of sp³-hybridized carbons (Fsp3) is 0.286. The second-order valence-corrected chi connectivity index (χ2v) is 9.88. The van der Waals surface area contributed by atoms with Crippen molar-refractivity contribution in [2.75, 3.05) is 26.6 Å². The first-order valence-electron chi connectivity index (χ1n) is 9.68. The molecule has 2 aromatic rings. The number of nitrogens with zero attached hydrogens (tertiary/aromatic N) is 3. The number of fused-ring (bicyclic) bond motifs is 1. The number of carbonyl (C=O) groups is 1. The zero-order valence-electron chi connectivity index (χ0n) is 17.6. The number of rotatable bonds is 5. The molecule has 0 bridgehead atoms. The van der Waals surface area contributed by atoms with Crippen LogP contribution in [0.25, 0.3) is 0 Å². The van der Waals surface area contributed by atoms with Crippen LogP contribution >= 0.6 is 11.3 Å². The molecule has 0 unspecified atom stereocenters. The topological polar surface area (TPSA) is 121 Å². The lowest BCUT2D eigenvalue weighted by Crippen LogP contribution is -2.35. The number of likely N-dealkylation sites (N-methyl/N-ethyl adjacent to an activating group) is 1. The number of nitriles is 1. The van der Waals surface area contributed by atoms with E-state index in [4.69, 9.17) is 9.47 Å². The van der Waals surface area contributed by atoms with Gasteiger partial charge >= 0.3 is 10.2 Å². The number of hydrogen-bond donors (Lipinski definition) is 1. The van der Waals surface area contributed by atoms with Crippen molar-refractivity contribution < 1.29 is 22.7 Å². The molecule has 0 atom stereocenters. The molecule has 0 spiro atoms. The molecule has 4 rings (SSSR count). The Balaban J connectivity index is 1.71. The van der Waals surface area contributed by atoms with Gasteiger partial charge in [0, 0.05) is 17.5 Å². The van der Waals surface area contributed by atoms with Crippen LogP contribution in [-0.4, -0.2) is 45.6 Å². The predicted octanol–water partition coefficient (Wildman–Crippen LogP) is 2.63. The Hall–Kier alpha value is -3.36. The van der Waals surface area contributed by atoms with E-state index in [1.54, 1.807) is 18.2 Å². The van der Waals surface area contributed by atoms with E-state index in [9.17, 15) is 18.5 Å². The minimum absolute atomic E-state index is 0.0865. The summed E-state index contributed by atoms with van der Waals surface area (Å²) in [6, 6.07) is 7.01. The first kappa shape index (κ1) is 21.9. The maximum atomic E-state index is 13.1. The molecule has 11 heteroatoms. The van der Waals surface area contributed by atoms with Crippen LogP contribution in [-0.2, 0) is 27.8 Å². The van der Waals surface area contributed by atoms with Crippen molar-refractivity contribution in [2.45, 2.75) is 19.3 Å². The Morgan fingerprint density at radius 3 is 2.69 bits per heavy atom. The minimum atomic E-state index is -4.13. The molecule has 1 aromatic carbocycles. The van der Waals surface area contributed by atoms with Crippen LogP contribution in [0, 0.1) is 11.3 Å². The molecule has 2 heterocycles. The van der Waals surface area contributed by atoms with E-state index < -0.39 is 16.1 Å². The van der Waals surface area contributed by atoms with E-state index >= 15 is 0 Å². The summed E-state index contributed by atoms with van der Waals surface area (Å²) < 4.78 is 40.5. The molecule has 9 nitrogen and oxygen atoms in total. The Morgan fingerprint density at radius 1 is 1.25 bits per heavy atom. The number of hydrogen-bond acceptors (Lipinski definition) is 7. The second-order valence-electron chi connectivity index (χ2n) is 7.15. The van der Waals surface area contributed by atoms with E-state index in [1.165, 1.54) is 38.7 Å². The van der Waals surface area contributed by atoms with Gasteiger partial charge in [-0.15, -0.1) is 15.7 Å². The second kappa shape index (κ2) is 8.29. The fourth-order valence-corrected chi connectivity index (χ4v) is 5.82. The SMILES string of the molecule is COc1ccc(C2=NS(=O)(=O)N(C)C(C(=O)Nc3sc4c(c3C#N)CCC4)=C2)cc1OC. The number of aryl methyl sites for hydroxylation is 1. The smallest absolute Gasteiger partial charge is 0.345 e. The van der Waals surface area contributed by atoms with Gasteiger partial charge in [0.1, 0.15) is 16.8 Å². The highest BCUT2D eigenvalue weighted by Crippen LogP contribution is 2.39. The van der Waals surface area contributed by atoms with Gasteiger partial charge in [-0.1, -0.05) is 0 Å². The number of methoxy groups -OCH3 is 2. The highest BCUT2D eigenvalue weighted by Gasteiger charge is 2.32. The van der Waals surface area contributed by atoms with Crippen molar-refractivity contribution in [1.29, 1.82) is 5.26 Å². The van der Waals surface area contributed by atoms with Crippen molar-refractivity contribution in [1.82, 2.24) is 4.31 Å². The molecule has 0 saturated carbocycles. The molecule has 1 amide bonds. The summed E-state index contributed by atoms with van der Waals surface area (Å²) >= 11 is 1.36. The molecule has 0 radical (unpaired) electrons. The molecule has 1 aromatic heterocycles. The maximum Gasteiger partial charge on any atom is 0.345 e. The van der Waals surface area contributed by atoms with E-state index in [-0.39, 0.29) is 11.4 Å². The molecule has 1 aliphatic carbocycles. The van der Waals surface area contributed by atoms with Crippen LogP contribution < -0.4 is 14.8 Å². The quantitative estimate of drug-likeness (QED) is 0.714. The summed E-state index contributed by atoms with van der Waals surface area (Å²) in [4.78, 5) is 14.2. The Morgan fingerprint density at radius 2 is 2.00 bits per heavy atom. The van der Waals surface area contributed by atoms with Crippen molar-refractivity contribution in [3.8, 4) is 17.6 Å². The van der Waals surface area contributed by atoms with Crippen LogP contribution in [0.15, 0.2) is 34.4 Å². The lowest BCUT2D eigenvalue weighted by atomic mass is 10.1. The average molecular weight is 473 g/mol. The van der Waals surface area contributed by atoms with Crippen molar-refractivity contribution in [2.24, 2.45) is 4.40 Å². The van der Waals surface area contributed by atoms with Gasteiger partial charge in [0.25, 0.3) is 5.91 Å². The number of allylic oxidation sites excluding steroid dienone is 1. The lowest BCUT2D eigenvalue weighted by Gasteiger charge is -2.23. The van der Waals surface area contributed by atoms with Gasteiger partial charge in [-0.05, 0) is 49.1 Å². The van der Waals surface area contributed by atoms with Gasteiger partial charge in [-0.2, -0.15) is 13.7 Å². The minimum Gasteiger partial charge on any atom is -0.493 e. The zero-order valence-corrected chi connectivity index (χ0v) is 19.3. The molecular formula is C21H20N4O5S2. The highest BCUT2D eigenvalue weighted by molar-refractivity contribution is 7.88. The normalized spacial score (nSPS) is 16.5. The van der Waals surface area contributed by atoms with Gasteiger partial charge in [0.05, 0.1) is 25.5 Å². The van der Waals surface area contributed by atoms with Gasteiger partial charge in [0.2, 0.25) is 0 Å². The summed E-state index contributed by atoms with van der Waals surface area (Å²) in [5.74, 6) is 0.236. The predicted molar refractivity (Wildman–Crippen MR) is 121 cm³/mol. The summed E-state index contributed by atoms with van der Waals surface area (Å²) in [6.07, 6.45) is 4.06. The van der Waals surface area contributed by atoms with Gasteiger partial charge < -0.3 is 14.8 Å². The molecule has 32 heavy (non-hydrogen) atoms. The van der Waals surface area contributed by atoms with Crippen LogP contribution in [0.2, 0.25) is 0 Å². The average Bonchev–Trinajstić information content (AvgIpc) is 3.35. The van der Waals surface area contributed by atoms with Crippen LogP contribution in [0.4, 0.5) is 5.00 Å². The molecule has 0 saturated heterocycles. The third-order valence-corrected chi connectivity index (χ3v) is 7.87. The number of benzene rings is 1. The summed E-state index contributed by atoms with van der Waals surface area (Å²) in [6.45, 7) is 0. The number of amides is 1. The fourth-order valence-electron chi connectivity index (χ4n) is 3.67. The van der Waals surface area contributed by atoms with E-state index in [2.05, 4.69) is 15.8 Å². The maximum absolute atomic E-state index is 13.1. The van der Waals surface area contributed by atoms with Crippen molar-refractivity contribution in [3.63, 3.8) is 0 Å². The van der Waals surface area contributed by atoms with Gasteiger partial charge in [-0.25, -0.2) is 4.31 Å².